The first-order chi connectivity index (χ1) is 10.6. The number of rotatable bonds is 3. The van der Waals surface area contributed by atoms with E-state index in [0.717, 1.165) is 12.1 Å². The van der Waals surface area contributed by atoms with Crippen molar-refractivity contribution in [1.82, 2.24) is 0 Å². The Morgan fingerprint density at radius 3 is 2.35 bits per heavy atom. The van der Waals surface area contributed by atoms with Crippen LogP contribution in [0.2, 0.25) is 0 Å². The Kier molecular flexibility index (Phi) is 4.49. The van der Waals surface area contributed by atoms with Crippen molar-refractivity contribution in [1.29, 1.82) is 0 Å². The molecule has 0 bridgehead atoms. The maximum absolute atomic E-state index is 12.1. The van der Waals surface area contributed by atoms with Crippen molar-refractivity contribution in [2.75, 3.05) is 0 Å². The first-order valence-corrected chi connectivity index (χ1v) is 6.91. The van der Waals surface area contributed by atoms with Gasteiger partial charge in [-0.2, -0.15) is 0 Å². The molecule has 0 aromatic heterocycles. The summed E-state index contributed by atoms with van der Waals surface area (Å²) in [5, 5.41) is 9.95. The zero-order chi connectivity index (χ0) is 17.3. The van der Waals surface area contributed by atoms with Crippen molar-refractivity contribution < 1.29 is 27.8 Å². The van der Waals surface area contributed by atoms with Gasteiger partial charge in [0.15, 0.2) is 5.78 Å². The molecule has 0 aliphatic heterocycles. The number of aliphatic hydroxyl groups excluding tert-OH is 1. The Morgan fingerprint density at radius 2 is 1.83 bits per heavy atom. The minimum atomic E-state index is -4.75. The lowest BCUT2D eigenvalue weighted by Gasteiger charge is -2.28. The highest BCUT2D eigenvalue weighted by atomic mass is 19.4. The summed E-state index contributed by atoms with van der Waals surface area (Å²) < 4.78 is 39.9. The van der Waals surface area contributed by atoms with E-state index < -0.39 is 6.36 Å². The van der Waals surface area contributed by atoms with E-state index in [1.807, 2.05) is 13.8 Å². The third-order valence-electron chi connectivity index (χ3n) is 3.31. The molecule has 1 aliphatic rings. The predicted molar refractivity (Wildman–Crippen MR) is 79.0 cm³/mol. The Labute approximate surface area is 131 Å². The van der Waals surface area contributed by atoms with Gasteiger partial charge in [0.05, 0.1) is 11.3 Å². The van der Waals surface area contributed by atoms with Gasteiger partial charge in [-0.05, 0) is 29.7 Å². The number of hydrogen-bond donors (Lipinski definition) is 1. The van der Waals surface area contributed by atoms with Crippen LogP contribution >= 0.6 is 0 Å². The zero-order valence-electron chi connectivity index (χ0n) is 12.6. The van der Waals surface area contributed by atoms with Crippen LogP contribution in [-0.2, 0) is 4.79 Å². The number of allylic oxidation sites excluding steroid dienone is 2. The first kappa shape index (κ1) is 17.1. The molecule has 1 N–H and O–H groups in total. The fraction of sp³-hybridized carbons (Fsp3) is 0.375. The number of nitrogens with zero attached hydrogens (tertiary/aromatic N) is 1. The lowest BCUT2D eigenvalue weighted by molar-refractivity contribution is -0.274. The summed E-state index contributed by atoms with van der Waals surface area (Å²) in [6, 6.07) is 4.90. The monoisotopic (exact) mass is 327 g/mol. The Hall–Kier alpha value is -2.31. The highest BCUT2D eigenvalue weighted by molar-refractivity contribution is 6.14. The number of aliphatic imine (C=N–C) groups is 1. The first-order valence-electron chi connectivity index (χ1n) is 6.91. The Balaban J connectivity index is 2.13. The summed E-state index contributed by atoms with van der Waals surface area (Å²) in [6.07, 6.45) is -2.83. The smallest absolute Gasteiger partial charge is 0.511 e. The number of alkyl halides is 3. The maximum Gasteiger partial charge on any atom is 0.573 e. The van der Waals surface area contributed by atoms with E-state index in [1.54, 1.807) is 0 Å². The topological polar surface area (TPSA) is 58.9 Å². The van der Waals surface area contributed by atoms with Crippen molar-refractivity contribution in [3.05, 3.63) is 35.6 Å². The van der Waals surface area contributed by atoms with E-state index in [9.17, 15) is 23.1 Å². The number of halogens is 3. The van der Waals surface area contributed by atoms with Crippen LogP contribution in [0.5, 0.6) is 5.75 Å². The molecular weight excluding hydrogens is 311 g/mol. The molecule has 1 aliphatic carbocycles. The van der Waals surface area contributed by atoms with Crippen LogP contribution in [-0.4, -0.2) is 23.5 Å². The SMILES string of the molecule is CC1(C)CC(=O)C(C=Nc2ccc(OC(F)(F)F)cc2)=C(O)C1. The minimum absolute atomic E-state index is 0.0213. The van der Waals surface area contributed by atoms with E-state index in [4.69, 9.17) is 0 Å². The van der Waals surface area contributed by atoms with Gasteiger partial charge in [0.25, 0.3) is 0 Å². The summed E-state index contributed by atoms with van der Waals surface area (Å²) in [4.78, 5) is 16.0. The van der Waals surface area contributed by atoms with Crippen LogP contribution in [0.25, 0.3) is 0 Å². The normalized spacial score (nSPS) is 18.6. The summed E-state index contributed by atoms with van der Waals surface area (Å²) in [5.41, 5.74) is 0.187. The molecule has 0 saturated carbocycles. The third-order valence-corrected chi connectivity index (χ3v) is 3.31. The Morgan fingerprint density at radius 1 is 1.22 bits per heavy atom. The highest BCUT2D eigenvalue weighted by Gasteiger charge is 2.32. The van der Waals surface area contributed by atoms with Gasteiger partial charge in [0.2, 0.25) is 0 Å². The molecule has 0 radical (unpaired) electrons. The van der Waals surface area contributed by atoms with Crippen molar-refractivity contribution in [2.45, 2.75) is 33.1 Å². The average molecular weight is 327 g/mol. The van der Waals surface area contributed by atoms with E-state index in [1.165, 1.54) is 18.3 Å². The van der Waals surface area contributed by atoms with Gasteiger partial charge in [-0.15, -0.1) is 13.2 Å². The average Bonchev–Trinajstić information content (AvgIpc) is 2.36. The van der Waals surface area contributed by atoms with Crippen molar-refractivity contribution in [3.8, 4) is 5.75 Å². The van der Waals surface area contributed by atoms with E-state index in [0.29, 0.717) is 18.5 Å². The van der Waals surface area contributed by atoms with Crippen LogP contribution in [0.4, 0.5) is 18.9 Å². The van der Waals surface area contributed by atoms with Gasteiger partial charge >= 0.3 is 6.36 Å². The number of carbonyl (C=O) groups excluding carboxylic acids is 1. The fourth-order valence-electron chi connectivity index (χ4n) is 2.32. The third kappa shape index (κ3) is 4.84. The molecule has 7 heteroatoms. The number of carbonyl (C=O) groups is 1. The second kappa shape index (κ2) is 6.06. The van der Waals surface area contributed by atoms with Gasteiger partial charge < -0.3 is 9.84 Å². The summed E-state index contributed by atoms with van der Waals surface area (Å²) >= 11 is 0. The molecule has 0 amide bonds. The van der Waals surface area contributed by atoms with E-state index in [-0.39, 0.29) is 28.3 Å². The molecular formula is C16H16F3NO3. The highest BCUT2D eigenvalue weighted by Crippen LogP contribution is 2.35. The summed E-state index contributed by atoms with van der Waals surface area (Å²) in [7, 11) is 0. The van der Waals surface area contributed by atoms with Crippen molar-refractivity contribution in [2.24, 2.45) is 10.4 Å². The molecule has 124 valence electrons. The second-order valence-electron chi connectivity index (χ2n) is 6.10. The van der Waals surface area contributed by atoms with Crippen LogP contribution in [0.3, 0.4) is 0 Å². The molecule has 0 saturated heterocycles. The van der Waals surface area contributed by atoms with Crippen LogP contribution in [0.15, 0.2) is 40.6 Å². The molecule has 0 spiro atoms. The number of ketones is 1. The number of ether oxygens (including phenoxy) is 1. The van der Waals surface area contributed by atoms with Gasteiger partial charge in [-0.25, -0.2) is 0 Å². The Bertz CT molecular complexity index is 658. The lowest BCUT2D eigenvalue weighted by Crippen LogP contribution is -2.26. The lowest BCUT2D eigenvalue weighted by atomic mass is 9.77. The fourth-order valence-corrected chi connectivity index (χ4v) is 2.32. The number of hydrogen-bond acceptors (Lipinski definition) is 4. The quantitative estimate of drug-likeness (QED) is 0.832. The number of aliphatic hydroxyl groups is 1. The van der Waals surface area contributed by atoms with Crippen LogP contribution in [0, 0.1) is 5.41 Å². The number of Topliss-reactive ketones (excluding diaryl/α,β-unsaturated/α-hetero) is 1. The second-order valence-corrected chi connectivity index (χ2v) is 6.10. The van der Waals surface area contributed by atoms with Gasteiger partial charge in [-0.1, -0.05) is 13.8 Å². The summed E-state index contributed by atoms with van der Waals surface area (Å²) in [5.74, 6) is -0.583. The van der Waals surface area contributed by atoms with E-state index >= 15 is 0 Å². The standard InChI is InChI=1S/C16H16F3NO3/c1-15(2)7-13(21)12(14(22)8-15)9-20-10-3-5-11(6-4-10)23-16(17,18)19/h3-6,9,21H,7-8H2,1-2H3. The zero-order valence-corrected chi connectivity index (χ0v) is 12.6. The van der Waals surface area contributed by atoms with Crippen LogP contribution < -0.4 is 4.74 Å². The molecule has 0 atom stereocenters. The summed E-state index contributed by atoms with van der Waals surface area (Å²) in [6.45, 7) is 3.77. The van der Waals surface area contributed by atoms with Gasteiger partial charge in [-0.3, -0.25) is 9.79 Å². The van der Waals surface area contributed by atoms with E-state index in [2.05, 4.69) is 9.73 Å². The van der Waals surface area contributed by atoms with Gasteiger partial charge in [0.1, 0.15) is 11.5 Å². The molecule has 0 unspecified atom stereocenters. The van der Waals surface area contributed by atoms with Crippen molar-refractivity contribution >= 4 is 17.7 Å². The van der Waals surface area contributed by atoms with Crippen LogP contribution in [0.1, 0.15) is 26.7 Å². The molecule has 1 aromatic rings. The molecule has 1 aromatic carbocycles. The van der Waals surface area contributed by atoms with Crippen molar-refractivity contribution in [3.63, 3.8) is 0 Å². The molecule has 2 rings (SSSR count). The number of benzene rings is 1. The molecule has 0 fully saturated rings. The molecule has 23 heavy (non-hydrogen) atoms. The molecule has 0 heterocycles. The largest absolute Gasteiger partial charge is 0.573 e. The van der Waals surface area contributed by atoms with Gasteiger partial charge in [0, 0.05) is 19.1 Å². The maximum atomic E-state index is 12.1. The minimum Gasteiger partial charge on any atom is -0.511 e. The molecule has 4 nitrogen and oxygen atoms in total. The predicted octanol–water partition coefficient (Wildman–Crippen LogP) is 4.49.